The van der Waals surface area contributed by atoms with E-state index in [1.54, 1.807) is 11.8 Å². The highest BCUT2D eigenvalue weighted by Gasteiger charge is 2.33. The van der Waals surface area contributed by atoms with Crippen molar-refractivity contribution in [2.45, 2.75) is 45.0 Å². The minimum Gasteiger partial charge on any atom is -0.370 e. The van der Waals surface area contributed by atoms with Gasteiger partial charge in [0.05, 0.1) is 11.1 Å². The van der Waals surface area contributed by atoms with Crippen molar-refractivity contribution in [2.24, 2.45) is 5.73 Å². The number of primary amides is 1. The molecule has 1 aliphatic heterocycles. The number of allylic oxidation sites excluding steroid dienone is 1. The second kappa shape index (κ2) is 8.78. The van der Waals surface area contributed by atoms with Crippen LogP contribution in [0.3, 0.4) is 0 Å². The van der Waals surface area contributed by atoms with E-state index in [9.17, 15) is 23.6 Å². The van der Waals surface area contributed by atoms with Crippen molar-refractivity contribution in [3.63, 3.8) is 0 Å². The molecule has 0 unspecified atom stereocenters. The monoisotopic (exact) mass is 391 g/mol. The van der Waals surface area contributed by atoms with Crippen LogP contribution in [0.15, 0.2) is 18.5 Å². The summed E-state index contributed by atoms with van der Waals surface area (Å²) in [5.74, 6) is -3.56. The van der Waals surface area contributed by atoms with E-state index in [4.69, 9.17) is 5.73 Å². The van der Waals surface area contributed by atoms with Gasteiger partial charge in [0.2, 0.25) is 11.8 Å². The normalized spacial score (nSPS) is 16.0. The zero-order valence-corrected chi connectivity index (χ0v) is 15.7. The van der Waals surface area contributed by atoms with E-state index in [2.05, 4.69) is 16.9 Å². The number of aromatic nitrogens is 1. The molecule has 9 heteroatoms. The number of nitrogens with one attached hydrogen (secondary N) is 1. The minimum atomic E-state index is -2.75. The van der Waals surface area contributed by atoms with E-state index in [-0.39, 0.29) is 55.6 Å². The predicted octanol–water partition coefficient (Wildman–Crippen LogP) is 2.40. The van der Waals surface area contributed by atoms with Crippen molar-refractivity contribution in [2.75, 3.05) is 18.0 Å². The number of carbonyl (C=O) groups excluding carboxylic acids is 2. The summed E-state index contributed by atoms with van der Waals surface area (Å²) in [5.41, 5.74) is 6.16. The number of hydrogen-bond acceptors (Lipinski definition) is 5. The van der Waals surface area contributed by atoms with Crippen LogP contribution in [0.4, 0.5) is 14.6 Å². The van der Waals surface area contributed by atoms with Crippen molar-refractivity contribution in [1.82, 2.24) is 10.3 Å². The highest BCUT2D eigenvalue weighted by atomic mass is 19.3. The van der Waals surface area contributed by atoms with Crippen molar-refractivity contribution in [3.8, 4) is 6.07 Å². The fourth-order valence-corrected chi connectivity index (χ4v) is 3.05. The maximum atomic E-state index is 13.7. The van der Waals surface area contributed by atoms with Crippen molar-refractivity contribution in [1.29, 1.82) is 5.26 Å². The third-order valence-corrected chi connectivity index (χ3v) is 4.65. The quantitative estimate of drug-likeness (QED) is 0.773. The molecule has 2 amide bonds. The van der Waals surface area contributed by atoms with Gasteiger partial charge in [-0.3, -0.25) is 9.59 Å². The van der Waals surface area contributed by atoms with Gasteiger partial charge in [0.1, 0.15) is 11.9 Å². The third kappa shape index (κ3) is 5.25. The summed E-state index contributed by atoms with van der Waals surface area (Å²) in [6.07, 6.45) is 1.26. The van der Waals surface area contributed by atoms with Crippen LogP contribution in [0.25, 0.3) is 0 Å². The summed E-state index contributed by atoms with van der Waals surface area (Å²) in [4.78, 5) is 29.6. The Labute approximate surface area is 162 Å². The number of alkyl halides is 2. The first-order valence-electron chi connectivity index (χ1n) is 8.94. The number of amides is 2. The van der Waals surface area contributed by atoms with Crippen LogP contribution < -0.4 is 16.0 Å². The minimum absolute atomic E-state index is 0.0304. The SMILES string of the molecule is C=C(CCC(N)=O)NC(=O)c1c(N2CCCC(F)(F)CC2)ncc(C#N)c1C. The van der Waals surface area contributed by atoms with E-state index in [1.165, 1.54) is 6.20 Å². The average Bonchev–Trinajstić information content (AvgIpc) is 2.80. The molecule has 0 radical (unpaired) electrons. The summed E-state index contributed by atoms with van der Waals surface area (Å²) < 4.78 is 27.4. The van der Waals surface area contributed by atoms with Crippen molar-refractivity contribution in [3.05, 3.63) is 35.2 Å². The maximum Gasteiger partial charge on any atom is 0.259 e. The lowest BCUT2D eigenvalue weighted by Gasteiger charge is -2.25. The van der Waals surface area contributed by atoms with Crippen LogP contribution in [-0.4, -0.2) is 35.8 Å². The second-order valence-electron chi connectivity index (χ2n) is 6.83. The van der Waals surface area contributed by atoms with Gasteiger partial charge in [-0.15, -0.1) is 0 Å². The highest BCUT2D eigenvalue weighted by molar-refractivity contribution is 6.01. The van der Waals surface area contributed by atoms with E-state index >= 15 is 0 Å². The fourth-order valence-electron chi connectivity index (χ4n) is 3.05. The standard InChI is InChI=1S/C19H23F2N5O2/c1-12(4-5-15(23)27)25-18(28)16-13(2)14(10-22)11-24-17(16)26-8-3-6-19(20,21)7-9-26/h11H,1,3-9H2,2H3,(H2,23,27)(H,25,28). The fraction of sp³-hybridized carbons (Fsp3) is 0.474. The Bertz CT molecular complexity index is 832. The van der Waals surface area contributed by atoms with Crippen LogP contribution >= 0.6 is 0 Å². The zero-order chi connectivity index (χ0) is 20.9. The van der Waals surface area contributed by atoms with Crippen LogP contribution in [0, 0.1) is 18.3 Å². The molecule has 3 N–H and O–H groups in total. The molecule has 1 saturated heterocycles. The van der Waals surface area contributed by atoms with Crippen LogP contribution in [-0.2, 0) is 4.79 Å². The maximum absolute atomic E-state index is 13.7. The molecular weight excluding hydrogens is 368 g/mol. The summed E-state index contributed by atoms with van der Waals surface area (Å²) in [6.45, 7) is 5.69. The molecule has 2 rings (SSSR count). The van der Waals surface area contributed by atoms with Crippen LogP contribution in [0.1, 0.15) is 53.6 Å². The number of halogens is 2. The molecule has 1 aromatic heterocycles. The summed E-state index contributed by atoms with van der Waals surface area (Å²) in [7, 11) is 0. The largest absolute Gasteiger partial charge is 0.370 e. The first-order chi connectivity index (χ1) is 13.1. The number of nitrogens with two attached hydrogens (primary N) is 1. The molecule has 1 fully saturated rings. The number of nitriles is 1. The second-order valence-corrected chi connectivity index (χ2v) is 6.83. The Kier molecular flexibility index (Phi) is 6.67. The third-order valence-electron chi connectivity index (χ3n) is 4.65. The first kappa shape index (κ1) is 21.3. The molecule has 7 nitrogen and oxygen atoms in total. The molecular formula is C19H23F2N5O2. The van der Waals surface area contributed by atoms with Crippen LogP contribution in [0.5, 0.6) is 0 Å². The van der Waals surface area contributed by atoms with Gasteiger partial charge < -0.3 is 16.0 Å². The van der Waals surface area contributed by atoms with Gasteiger partial charge in [0.15, 0.2) is 0 Å². The Hall–Kier alpha value is -3.02. The van der Waals surface area contributed by atoms with Gasteiger partial charge in [-0.25, -0.2) is 13.8 Å². The molecule has 0 aliphatic carbocycles. The lowest BCUT2D eigenvalue weighted by molar-refractivity contribution is -0.118. The molecule has 1 aromatic rings. The van der Waals surface area contributed by atoms with Gasteiger partial charge in [-0.2, -0.15) is 5.26 Å². The van der Waals surface area contributed by atoms with Gasteiger partial charge >= 0.3 is 0 Å². The van der Waals surface area contributed by atoms with E-state index in [1.807, 2.05) is 6.07 Å². The average molecular weight is 391 g/mol. The molecule has 0 atom stereocenters. The number of anilines is 1. The number of hydrogen-bond donors (Lipinski definition) is 2. The van der Waals surface area contributed by atoms with Gasteiger partial charge in [-0.05, 0) is 25.3 Å². The van der Waals surface area contributed by atoms with Crippen molar-refractivity contribution < 1.29 is 18.4 Å². The molecule has 0 spiro atoms. The molecule has 0 bridgehead atoms. The van der Waals surface area contributed by atoms with Gasteiger partial charge in [-0.1, -0.05) is 6.58 Å². The Morgan fingerprint density at radius 3 is 2.75 bits per heavy atom. The molecule has 150 valence electrons. The van der Waals surface area contributed by atoms with E-state index in [0.29, 0.717) is 17.8 Å². The molecule has 0 saturated carbocycles. The predicted molar refractivity (Wildman–Crippen MR) is 99.7 cm³/mol. The number of nitrogens with zero attached hydrogens (tertiary/aromatic N) is 3. The summed E-state index contributed by atoms with van der Waals surface area (Å²) in [5, 5.41) is 11.9. The topological polar surface area (TPSA) is 112 Å². The Morgan fingerprint density at radius 2 is 2.11 bits per heavy atom. The number of rotatable bonds is 6. The van der Waals surface area contributed by atoms with E-state index in [0.717, 1.165) is 0 Å². The summed E-state index contributed by atoms with van der Waals surface area (Å²) in [6, 6.07) is 1.97. The smallest absolute Gasteiger partial charge is 0.259 e. The van der Waals surface area contributed by atoms with Gasteiger partial charge in [0, 0.05) is 44.2 Å². The molecule has 2 heterocycles. The molecule has 28 heavy (non-hydrogen) atoms. The van der Waals surface area contributed by atoms with Crippen molar-refractivity contribution >= 4 is 17.6 Å². The van der Waals surface area contributed by atoms with E-state index < -0.39 is 17.7 Å². The number of carbonyl (C=O) groups is 2. The summed E-state index contributed by atoms with van der Waals surface area (Å²) >= 11 is 0. The molecule has 1 aliphatic rings. The van der Waals surface area contributed by atoms with Gasteiger partial charge in [0.25, 0.3) is 5.91 Å². The zero-order valence-electron chi connectivity index (χ0n) is 15.7. The lowest BCUT2D eigenvalue weighted by atomic mass is 10.0. The Morgan fingerprint density at radius 1 is 1.39 bits per heavy atom. The number of pyridine rings is 1. The Balaban J connectivity index is 2.33. The highest BCUT2D eigenvalue weighted by Crippen LogP contribution is 2.31. The van der Waals surface area contributed by atoms with Crippen LogP contribution in [0.2, 0.25) is 0 Å². The molecule has 0 aromatic carbocycles. The first-order valence-corrected chi connectivity index (χ1v) is 8.94. The lowest BCUT2D eigenvalue weighted by Crippen LogP contribution is -2.32.